The lowest BCUT2D eigenvalue weighted by molar-refractivity contribution is 0.662. The van der Waals surface area contributed by atoms with Crippen LogP contribution >= 0.6 is 42.4 Å². The molecule has 1 heterocycles. The minimum absolute atomic E-state index is 0.493. The van der Waals surface area contributed by atoms with E-state index >= 15 is 0 Å². The van der Waals surface area contributed by atoms with Crippen molar-refractivity contribution in [2.24, 2.45) is 5.92 Å². The summed E-state index contributed by atoms with van der Waals surface area (Å²) >= 11 is 4.12. The molecule has 1 aromatic heterocycles. The van der Waals surface area contributed by atoms with Crippen LogP contribution in [0, 0.1) is 5.92 Å². The molecule has 1 fully saturated rings. The lowest BCUT2D eigenvalue weighted by Crippen LogP contribution is -2.36. The van der Waals surface area contributed by atoms with Crippen LogP contribution in [0.25, 0.3) is 0 Å². The van der Waals surface area contributed by atoms with E-state index in [4.69, 9.17) is 0 Å². The normalized spacial score (nSPS) is 15.3. The van der Waals surface area contributed by atoms with Crippen molar-refractivity contribution in [2.75, 3.05) is 17.2 Å². The molecule has 1 aliphatic carbocycles. The van der Waals surface area contributed by atoms with Gasteiger partial charge >= 0.3 is 0 Å². The Bertz CT molecular complexity index is 1050. The second kappa shape index (κ2) is 8.44. The van der Waals surface area contributed by atoms with Crippen LogP contribution in [0.5, 0.6) is 0 Å². The standard InChI is InChI=1S/C20H21I2N5OS/c21-29(22,28,24-14-15-6-7-15)18-10-8-17(9-11-18)26-20-23-13-12-19(27-20)25-16-4-2-1-3-5-16/h1-5,8-13,15H,6-7,14H2,(H,24,28)(H2,23,25,26,27). The van der Waals surface area contributed by atoms with Crippen LogP contribution in [0.1, 0.15) is 12.8 Å². The van der Waals surface area contributed by atoms with E-state index in [1.165, 1.54) is 12.8 Å². The molecular weight excluding hydrogens is 612 g/mol. The van der Waals surface area contributed by atoms with Gasteiger partial charge in [-0.25, -0.2) is 13.9 Å². The van der Waals surface area contributed by atoms with E-state index in [0.717, 1.165) is 22.8 Å². The zero-order chi connectivity index (χ0) is 20.3. The summed E-state index contributed by atoms with van der Waals surface area (Å²) < 4.78 is 13.6. The number of anilines is 4. The third-order valence-electron chi connectivity index (χ3n) is 4.51. The van der Waals surface area contributed by atoms with E-state index in [-0.39, 0.29) is 0 Å². The monoisotopic (exact) mass is 633 g/mol. The van der Waals surface area contributed by atoms with Crippen molar-refractivity contribution in [3.63, 3.8) is 0 Å². The lowest BCUT2D eigenvalue weighted by atomic mass is 10.3. The summed E-state index contributed by atoms with van der Waals surface area (Å²) in [6.45, 7) is 0.798. The highest BCUT2D eigenvalue weighted by molar-refractivity contribution is 14.3. The van der Waals surface area contributed by atoms with Crippen molar-refractivity contribution in [1.82, 2.24) is 14.7 Å². The molecule has 0 bridgehead atoms. The van der Waals surface area contributed by atoms with Crippen molar-refractivity contribution in [3.8, 4) is 0 Å². The van der Waals surface area contributed by atoms with E-state index in [0.29, 0.717) is 17.7 Å². The third-order valence-corrected chi connectivity index (χ3v) is 11.1. The smallest absolute Gasteiger partial charge is 0.229 e. The third kappa shape index (κ3) is 5.86. The fraction of sp³-hybridized carbons (Fsp3) is 0.200. The summed E-state index contributed by atoms with van der Waals surface area (Å²) in [5, 5.41) is 6.46. The Balaban J connectivity index is 1.44. The molecule has 9 heteroatoms. The van der Waals surface area contributed by atoms with Gasteiger partial charge in [-0.15, -0.1) is 0 Å². The molecule has 29 heavy (non-hydrogen) atoms. The number of benzene rings is 2. The van der Waals surface area contributed by atoms with Crippen LogP contribution in [0.15, 0.2) is 71.8 Å². The van der Waals surface area contributed by atoms with Crippen LogP contribution in [-0.4, -0.2) is 20.7 Å². The first kappa shape index (κ1) is 20.9. The molecule has 4 rings (SSSR count). The highest BCUT2D eigenvalue weighted by Gasteiger charge is 2.34. The second-order valence-corrected chi connectivity index (χ2v) is 24.4. The summed E-state index contributed by atoms with van der Waals surface area (Å²) in [4.78, 5) is 9.57. The fourth-order valence-electron chi connectivity index (χ4n) is 2.71. The maximum absolute atomic E-state index is 13.4. The molecule has 6 nitrogen and oxygen atoms in total. The molecule has 2 aromatic carbocycles. The van der Waals surface area contributed by atoms with Crippen LogP contribution in [0.4, 0.5) is 23.1 Å². The van der Waals surface area contributed by atoms with Crippen molar-refractivity contribution >= 4 is 69.1 Å². The first-order chi connectivity index (χ1) is 13.9. The number of nitrogens with one attached hydrogen (secondary N) is 3. The number of para-hydroxylation sites is 1. The minimum Gasteiger partial charge on any atom is -0.340 e. The van der Waals surface area contributed by atoms with Gasteiger partial charge < -0.3 is 10.6 Å². The highest BCUT2D eigenvalue weighted by Crippen LogP contribution is 2.48. The molecule has 0 unspecified atom stereocenters. The molecule has 0 spiro atoms. The first-order valence-electron chi connectivity index (χ1n) is 9.24. The van der Waals surface area contributed by atoms with Crippen LogP contribution in [0.3, 0.4) is 0 Å². The number of hydrogen-bond donors (Lipinski definition) is 3. The molecule has 152 valence electrons. The number of rotatable bonds is 8. The summed E-state index contributed by atoms with van der Waals surface area (Å²) in [6, 6.07) is 19.3. The lowest BCUT2D eigenvalue weighted by Gasteiger charge is -2.31. The van der Waals surface area contributed by atoms with Gasteiger partial charge in [0.15, 0.2) is 0 Å². The minimum atomic E-state index is -3.11. The molecule has 3 aromatic rings. The van der Waals surface area contributed by atoms with Gasteiger partial charge in [0.2, 0.25) is 5.95 Å². The van der Waals surface area contributed by atoms with Gasteiger partial charge in [0.25, 0.3) is 0 Å². The number of hydrogen-bond acceptors (Lipinski definition) is 5. The second-order valence-electron chi connectivity index (χ2n) is 6.96. The summed E-state index contributed by atoms with van der Waals surface area (Å²) in [5.74, 6) is 1.86. The Morgan fingerprint density at radius 3 is 2.31 bits per heavy atom. The van der Waals surface area contributed by atoms with Gasteiger partial charge in [0.05, 0.1) is 3.59 Å². The van der Waals surface area contributed by atoms with Crippen molar-refractivity contribution in [1.29, 1.82) is 0 Å². The largest absolute Gasteiger partial charge is 0.340 e. The van der Waals surface area contributed by atoms with Crippen molar-refractivity contribution < 1.29 is 4.21 Å². The maximum atomic E-state index is 13.4. The quantitative estimate of drug-likeness (QED) is 0.218. The van der Waals surface area contributed by atoms with Gasteiger partial charge in [0.1, 0.15) is 5.82 Å². The van der Waals surface area contributed by atoms with E-state index in [1.807, 2.05) is 60.7 Å². The number of halogens is 2. The SMILES string of the molecule is O=S(I)(I)(NCC1CC1)c1ccc(Nc2nccc(Nc3ccccc3)n2)cc1. The van der Waals surface area contributed by atoms with E-state index < -0.39 is 3.59 Å². The van der Waals surface area contributed by atoms with E-state index in [2.05, 4.69) is 67.7 Å². The predicted molar refractivity (Wildman–Crippen MR) is 137 cm³/mol. The molecule has 0 radical (unpaired) electrons. The Labute approximate surface area is 194 Å². The Hall–Kier alpha value is -1.31. The zero-order valence-corrected chi connectivity index (χ0v) is 20.6. The van der Waals surface area contributed by atoms with Crippen molar-refractivity contribution in [2.45, 2.75) is 17.7 Å². The molecule has 0 aliphatic heterocycles. The Kier molecular flexibility index (Phi) is 6.09. The average Bonchev–Trinajstić information content (AvgIpc) is 3.53. The molecule has 3 N–H and O–H groups in total. The number of nitrogens with zero attached hydrogens (tertiary/aromatic N) is 2. The molecule has 0 saturated heterocycles. The molecule has 0 amide bonds. The molecule has 1 saturated carbocycles. The van der Waals surface area contributed by atoms with Gasteiger partial charge in [-0.3, -0.25) is 0 Å². The maximum Gasteiger partial charge on any atom is 0.229 e. The summed E-state index contributed by atoms with van der Waals surface area (Å²) in [7, 11) is 0. The van der Waals surface area contributed by atoms with E-state index in [9.17, 15) is 4.21 Å². The van der Waals surface area contributed by atoms with Crippen LogP contribution < -0.4 is 15.4 Å². The Morgan fingerprint density at radius 1 is 0.931 bits per heavy atom. The topological polar surface area (TPSA) is 78.9 Å². The fourth-order valence-corrected chi connectivity index (χ4v) is 6.82. The predicted octanol–water partition coefficient (Wildman–Crippen LogP) is 5.76. The Morgan fingerprint density at radius 2 is 1.62 bits per heavy atom. The van der Waals surface area contributed by atoms with Gasteiger partial charge in [-0.1, -0.05) is 18.2 Å². The summed E-state index contributed by atoms with van der Waals surface area (Å²) in [6.07, 6.45) is 4.16. The van der Waals surface area contributed by atoms with Gasteiger partial charge in [-0.2, -0.15) is 4.98 Å². The number of aromatic nitrogens is 2. The average molecular weight is 633 g/mol. The van der Waals surface area contributed by atoms with E-state index in [1.54, 1.807) is 6.20 Å². The van der Waals surface area contributed by atoms with Gasteiger partial charge in [-0.05, 0) is 61.2 Å². The highest BCUT2D eigenvalue weighted by atomic mass is 127. The summed E-state index contributed by atoms with van der Waals surface area (Å²) in [5.41, 5.74) is 1.80. The molecular formula is C20H21I2N5OS. The first-order valence-corrected chi connectivity index (χ1v) is 16.3. The van der Waals surface area contributed by atoms with Crippen LogP contribution in [0.2, 0.25) is 0 Å². The zero-order valence-electron chi connectivity index (χ0n) is 15.5. The van der Waals surface area contributed by atoms with Crippen LogP contribution in [-0.2, 0) is 3.59 Å². The molecule has 0 atom stereocenters. The molecule has 1 aliphatic rings. The van der Waals surface area contributed by atoms with Crippen molar-refractivity contribution in [3.05, 3.63) is 66.9 Å². The van der Waals surface area contributed by atoms with Gasteiger partial charge in [0, 0.05) is 71.4 Å².